The molecule has 2 rings (SSSR count). The average Bonchev–Trinajstić information content (AvgIpc) is 2.52. The van der Waals surface area contributed by atoms with E-state index in [-0.39, 0.29) is 11.8 Å². The Morgan fingerprint density at radius 1 is 1.26 bits per heavy atom. The molecule has 1 fully saturated rings. The highest BCUT2D eigenvalue weighted by Crippen LogP contribution is 2.17. The van der Waals surface area contributed by atoms with Gasteiger partial charge in [-0.1, -0.05) is 22.0 Å². The molecule has 0 spiro atoms. The van der Waals surface area contributed by atoms with E-state index in [1.165, 1.54) is 12.1 Å². The van der Waals surface area contributed by atoms with Crippen molar-refractivity contribution in [3.63, 3.8) is 0 Å². The Labute approximate surface area is 143 Å². The van der Waals surface area contributed by atoms with Gasteiger partial charge < -0.3 is 10.2 Å². The molecule has 1 heterocycles. The van der Waals surface area contributed by atoms with E-state index in [0.29, 0.717) is 49.3 Å². The van der Waals surface area contributed by atoms with E-state index in [1.807, 2.05) is 4.90 Å². The standard InChI is InChI=1S/C16H19BrFN3O2/c1-2-3-19-15(22)11-20-4-6-21(7-5-20)16(23)12-8-13(17)10-14(18)9-12/h2,8-10H,1,3-7,11H2,(H,19,22). The Balaban J connectivity index is 1.87. The first kappa shape index (κ1) is 17.6. The van der Waals surface area contributed by atoms with Crippen LogP contribution in [0.2, 0.25) is 0 Å². The highest BCUT2D eigenvalue weighted by Gasteiger charge is 2.23. The molecule has 0 bridgehead atoms. The first-order valence-corrected chi connectivity index (χ1v) is 8.14. The third kappa shape index (κ3) is 5.14. The van der Waals surface area contributed by atoms with Crippen molar-refractivity contribution in [2.45, 2.75) is 0 Å². The van der Waals surface area contributed by atoms with Crippen molar-refractivity contribution >= 4 is 27.7 Å². The number of carbonyl (C=O) groups excluding carboxylic acids is 2. The SMILES string of the molecule is C=CCNC(=O)CN1CCN(C(=O)c2cc(F)cc(Br)c2)CC1. The zero-order valence-electron chi connectivity index (χ0n) is 12.7. The van der Waals surface area contributed by atoms with Gasteiger partial charge in [-0.15, -0.1) is 6.58 Å². The van der Waals surface area contributed by atoms with Crippen LogP contribution in [-0.4, -0.2) is 60.9 Å². The van der Waals surface area contributed by atoms with Crippen molar-refractivity contribution in [1.82, 2.24) is 15.1 Å². The monoisotopic (exact) mass is 383 g/mol. The van der Waals surface area contributed by atoms with Gasteiger partial charge in [0.15, 0.2) is 0 Å². The number of hydrogen-bond donors (Lipinski definition) is 1. The molecule has 0 atom stereocenters. The molecular weight excluding hydrogens is 365 g/mol. The van der Waals surface area contributed by atoms with Crippen LogP contribution in [0.1, 0.15) is 10.4 Å². The quantitative estimate of drug-likeness (QED) is 0.786. The van der Waals surface area contributed by atoms with Gasteiger partial charge in [0, 0.05) is 42.8 Å². The predicted octanol–water partition coefficient (Wildman–Crippen LogP) is 1.65. The summed E-state index contributed by atoms with van der Waals surface area (Å²) in [5.74, 6) is -0.694. The summed E-state index contributed by atoms with van der Waals surface area (Å²) in [6.07, 6.45) is 1.63. The topological polar surface area (TPSA) is 52.7 Å². The second-order valence-corrected chi connectivity index (χ2v) is 6.23. The predicted molar refractivity (Wildman–Crippen MR) is 89.7 cm³/mol. The molecule has 1 aromatic rings. The summed E-state index contributed by atoms with van der Waals surface area (Å²) in [5.41, 5.74) is 0.328. The van der Waals surface area contributed by atoms with E-state index in [4.69, 9.17) is 0 Å². The van der Waals surface area contributed by atoms with Crippen LogP contribution >= 0.6 is 15.9 Å². The first-order chi connectivity index (χ1) is 11.0. The lowest BCUT2D eigenvalue weighted by Crippen LogP contribution is -2.51. The largest absolute Gasteiger partial charge is 0.352 e. The van der Waals surface area contributed by atoms with Crippen LogP contribution in [0.5, 0.6) is 0 Å². The number of hydrogen-bond acceptors (Lipinski definition) is 3. The summed E-state index contributed by atoms with van der Waals surface area (Å²) in [4.78, 5) is 27.7. The summed E-state index contributed by atoms with van der Waals surface area (Å²) in [7, 11) is 0. The molecule has 0 radical (unpaired) electrons. The van der Waals surface area contributed by atoms with Gasteiger partial charge >= 0.3 is 0 Å². The Morgan fingerprint density at radius 3 is 2.57 bits per heavy atom. The summed E-state index contributed by atoms with van der Waals surface area (Å²) < 4.78 is 13.9. The highest BCUT2D eigenvalue weighted by atomic mass is 79.9. The van der Waals surface area contributed by atoms with Crippen LogP contribution in [-0.2, 0) is 4.79 Å². The Hall–Kier alpha value is -1.73. The molecule has 1 aliphatic rings. The van der Waals surface area contributed by atoms with Gasteiger partial charge in [-0.2, -0.15) is 0 Å². The van der Waals surface area contributed by atoms with E-state index in [0.717, 1.165) is 0 Å². The highest BCUT2D eigenvalue weighted by molar-refractivity contribution is 9.10. The molecule has 0 aromatic heterocycles. The van der Waals surface area contributed by atoms with Gasteiger partial charge in [0.05, 0.1) is 6.54 Å². The number of amides is 2. The first-order valence-electron chi connectivity index (χ1n) is 7.35. The third-order valence-electron chi connectivity index (χ3n) is 3.58. The maximum Gasteiger partial charge on any atom is 0.254 e. The minimum atomic E-state index is -0.444. The molecule has 0 saturated carbocycles. The molecule has 5 nitrogen and oxygen atoms in total. The molecule has 1 N–H and O–H groups in total. The summed E-state index contributed by atoms with van der Waals surface area (Å²) in [6.45, 7) is 6.57. The number of halogens is 2. The van der Waals surface area contributed by atoms with Crippen molar-refractivity contribution < 1.29 is 14.0 Å². The molecule has 1 saturated heterocycles. The van der Waals surface area contributed by atoms with Gasteiger partial charge in [0.1, 0.15) is 5.82 Å². The molecule has 7 heteroatoms. The maximum atomic E-state index is 13.4. The fraction of sp³-hybridized carbons (Fsp3) is 0.375. The lowest BCUT2D eigenvalue weighted by molar-refractivity contribution is -0.122. The molecule has 124 valence electrons. The van der Waals surface area contributed by atoms with Crippen molar-refractivity contribution in [2.75, 3.05) is 39.3 Å². The van der Waals surface area contributed by atoms with E-state index in [1.54, 1.807) is 17.0 Å². The van der Waals surface area contributed by atoms with Crippen LogP contribution < -0.4 is 5.32 Å². The fourth-order valence-corrected chi connectivity index (χ4v) is 2.88. The molecule has 0 aliphatic carbocycles. The van der Waals surface area contributed by atoms with Crippen LogP contribution in [0.4, 0.5) is 4.39 Å². The number of nitrogens with zero attached hydrogens (tertiary/aromatic N) is 2. The summed E-state index contributed by atoms with van der Waals surface area (Å²) in [5, 5.41) is 2.73. The Morgan fingerprint density at radius 2 is 1.96 bits per heavy atom. The van der Waals surface area contributed by atoms with Crippen molar-refractivity contribution in [1.29, 1.82) is 0 Å². The summed E-state index contributed by atoms with van der Waals surface area (Å²) in [6, 6.07) is 4.17. The second-order valence-electron chi connectivity index (χ2n) is 5.32. The molecule has 1 aromatic carbocycles. The van der Waals surface area contributed by atoms with Crippen LogP contribution in [0.25, 0.3) is 0 Å². The van der Waals surface area contributed by atoms with E-state index < -0.39 is 5.82 Å². The molecule has 1 aliphatic heterocycles. The van der Waals surface area contributed by atoms with Crippen LogP contribution in [0.3, 0.4) is 0 Å². The number of benzene rings is 1. The van der Waals surface area contributed by atoms with Gasteiger partial charge in [-0.3, -0.25) is 14.5 Å². The zero-order valence-corrected chi connectivity index (χ0v) is 14.3. The number of piperazine rings is 1. The van der Waals surface area contributed by atoms with Crippen molar-refractivity contribution in [3.8, 4) is 0 Å². The fourth-order valence-electron chi connectivity index (χ4n) is 2.41. The number of nitrogens with one attached hydrogen (secondary N) is 1. The molecule has 23 heavy (non-hydrogen) atoms. The van der Waals surface area contributed by atoms with E-state index in [2.05, 4.69) is 27.8 Å². The van der Waals surface area contributed by atoms with Gasteiger partial charge in [0.25, 0.3) is 5.91 Å². The van der Waals surface area contributed by atoms with Crippen LogP contribution in [0, 0.1) is 5.82 Å². The zero-order chi connectivity index (χ0) is 16.8. The smallest absolute Gasteiger partial charge is 0.254 e. The Bertz CT molecular complexity index is 581. The van der Waals surface area contributed by atoms with E-state index in [9.17, 15) is 14.0 Å². The molecule has 2 amide bonds. The summed E-state index contributed by atoms with van der Waals surface area (Å²) >= 11 is 3.19. The minimum Gasteiger partial charge on any atom is -0.352 e. The lowest BCUT2D eigenvalue weighted by atomic mass is 10.1. The van der Waals surface area contributed by atoms with Crippen molar-refractivity contribution in [3.05, 3.63) is 46.7 Å². The normalized spacial score (nSPS) is 15.3. The van der Waals surface area contributed by atoms with Gasteiger partial charge in [-0.05, 0) is 18.2 Å². The van der Waals surface area contributed by atoms with Gasteiger partial charge in [0.2, 0.25) is 5.91 Å². The average molecular weight is 384 g/mol. The third-order valence-corrected chi connectivity index (χ3v) is 4.04. The molecule has 0 unspecified atom stereocenters. The molecular formula is C16H19BrFN3O2. The van der Waals surface area contributed by atoms with Gasteiger partial charge in [-0.25, -0.2) is 4.39 Å². The Kier molecular flexibility index (Phi) is 6.29. The number of rotatable bonds is 5. The number of carbonyl (C=O) groups is 2. The lowest BCUT2D eigenvalue weighted by Gasteiger charge is -2.34. The van der Waals surface area contributed by atoms with Crippen LogP contribution in [0.15, 0.2) is 35.3 Å². The maximum absolute atomic E-state index is 13.4. The second kappa shape index (κ2) is 8.21. The van der Waals surface area contributed by atoms with Crippen molar-refractivity contribution in [2.24, 2.45) is 0 Å². The van der Waals surface area contributed by atoms with E-state index >= 15 is 0 Å². The minimum absolute atomic E-state index is 0.0567.